The summed E-state index contributed by atoms with van der Waals surface area (Å²) in [6.07, 6.45) is 7.70. The molecular weight excluding hydrogens is 198 g/mol. The molecule has 0 bridgehead atoms. The molecule has 98 valence electrons. The Kier molecular flexibility index (Phi) is 10.0. The second-order valence-corrected chi connectivity index (χ2v) is 5.08. The van der Waals surface area contributed by atoms with Crippen molar-refractivity contribution < 1.29 is 5.11 Å². The van der Waals surface area contributed by atoms with Crippen LogP contribution in [0.15, 0.2) is 0 Å². The smallest absolute Gasteiger partial charge is 0.0509 e. The van der Waals surface area contributed by atoms with Crippen molar-refractivity contribution in [1.29, 1.82) is 0 Å². The van der Waals surface area contributed by atoms with E-state index in [1.54, 1.807) is 6.92 Å². The maximum Gasteiger partial charge on any atom is 0.0509 e. The summed E-state index contributed by atoms with van der Waals surface area (Å²) in [6, 6.07) is 0.835. The van der Waals surface area contributed by atoms with E-state index in [0.717, 1.165) is 18.4 Å². The van der Waals surface area contributed by atoms with Gasteiger partial charge >= 0.3 is 0 Å². The van der Waals surface area contributed by atoms with E-state index in [1.165, 1.54) is 38.6 Å². The quantitative estimate of drug-likeness (QED) is 0.709. The van der Waals surface area contributed by atoms with Crippen LogP contribution in [-0.2, 0) is 0 Å². The summed E-state index contributed by atoms with van der Waals surface area (Å²) in [4.78, 5) is 0. The highest BCUT2D eigenvalue weighted by molar-refractivity contribution is 4.80. The maximum absolute atomic E-state index is 8.36. The van der Waals surface area contributed by atoms with Crippen LogP contribution in [0.5, 0.6) is 0 Å². The molecule has 0 aromatic heterocycles. The van der Waals surface area contributed by atoms with Crippen molar-refractivity contribution in [3.63, 3.8) is 0 Å². The summed E-state index contributed by atoms with van der Waals surface area (Å²) in [5, 5.41) is 11.9. The minimum absolute atomic E-state index is 0.116. The zero-order valence-electron chi connectivity index (χ0n) is 11.6. The molecule has 0 radical (unpaired) electrons. The van der Waals surface area contributed by atoms with Crippen LogP contribution in [-0.4, -0.2) is 23.8 Å². The molecule has 2 N–H and O–H groups in total. The van der Waals surface area contributed by atoms with Crippen molar-refractivity contribution in [1.82, 2.24) is 5.32 Å². The number of nitrogens with one attached hydrogen (secondary N) is 1. The molecule has 1 heterocycles. The van der Waals surface area contributed by atoms with Crippen molar-refractivity contribution in [2.24, 2.45) is 5.92 Å². The predicted molar refractivity (Wildman–Crippen MR) is 71.7 cm³/mol. The average molecular weight is 229 g/mol. The lowest BCUT2D eigenvalue weighted by molar-refractivity contribution is 0.191. The zero-order valence-corrected chi connectivity index (χ0v) is 11.6. The van der Waals surface area contributed by atoms with Gasteiger partial charge in [0.05, 0.1) is 6.10 Å². The fraction of sp³-hybridized carbons (Fsp3) is 1.00. The molecule has 0 amide bonds. The number of rotatable bonds is 5. The van der Waals surface area contributed by atoms with Gasteiger partial charge in [0.2, 0.25) is 0 Å². The van der Waals surface area contributed by atoms with Gasteiger partial charge in [0, 0.05) is 6.04 Å². The molecule has 0 aromatic carbocycles. The number of hydrogen-bond donors (Lipinski definition) is 2. The minimum Gasteiger partial charge on any atom is -0.393 e. The first kappa shape index (κ1) is 15.9. The first-order chi connectivity index (χ1) is 7.61. The zero-order chi connectivity index (χ0) is 12.4. The highest BCUT2D eigenvalue weighted by atomic mass is 16.3. The fourth-order valence-electron chi connectivity index (χ4n) is 1.90. The Morgan fingerprint density at radius 3 is 2.31 bits per heavy atom. The van der Waals surface area contributed by atoms with Crippen LogP contribution < -0.4 is 5.32 Å². The standard InChI is InChI=1S/C10H21N.C4H10O/c1-3-4-5-6-10-9(2)7-8-11-10;1-3-4(2)5/h9-11H,3-8H2,1-2H3;4-5H,3H2,1-2H3. The molecule has 0 spiro atoms. The van der Waals surface area contributed by atoms with Gasteiger partial charge in [-0.15, -0.1) is 0 Å². The lowest BCUT2D eigenvalue weighted by Gasteiger charge is -2.14. The Balaban J connectivity index is 0.000000385. The molecule has 3 atom stereocenters. The average Bonchev–Trinajstić information content (AvgIpc) is 2.66. The molecule has 1 fully saturated rings. The van der Waals surface area contributed by atoms with Crippen molar-refractivity contribution in [2.75, 3.05) is 6.54 Å². The minimum atomic E-state index is -0.116. The summed E-state index contributed by atoms with van der Waals surface area (Å²) < 4.78 is 0. The lowest BCUT2D eigenvalue weighted by atomic mass is 9.98. The molecule has 0 aliphatic carbocycles. The fourth-order valence-corrected chi connectivity index (χ4v) is 1.90. The lowest BCUT2D eigenvalue weighted by Crippen LogP contribution is -2.25. The van der Waals surface area contributed by atoms with E-state index >= 15 is 0 Å². The van der Waals surface area contributed by atoms with Gasteiger partial charge in [0.1, 0.15) is 0 Å². The van der Waals surface area contributed by atoms with Crippen LogP contribution >= 0.6 is 0 Å². The maximum atomic E-state index is 8.36. The van der Waals surface area contributed by atoms with E-state index in [9.17, 15) is 0 Å². The van der Waals surface area contributed by atoms with E-state index in [2.05, 4.69) is 19.2 Å². The van der Waals surface area contributed by atoms with Gasteiger partial charge in [-0.2, -0.15) is 0 Å². The normalized spacial score (nSPS) is 26.1. The second-order valence-electron chi connectivity index (χ2n) is 5.08. The van der Waals surface area contributed by atoms with Crippen LogP contribution in [0.2, 0.25) is 0 Å². The van der Waals surface area contributed by atoms with Gasteiger partial charge in [0.25, 0.3) is 0 Å². The van der Waals surface area contributed by atoms with Gasteiger partial charge in [-0.05, 0) is 38.6 Å². The van der Waals surface area contributed by atoms with Crippen molar-refractivity contribution >= 4 is 0 Å². The molecule has 1 rings (SSSR count). The van der Waals surface area contributed by atoms with E-state index < -0.39 is 0 Å². The summed E-state index contributed by atoms with van der Waals surface area (Å²) in [5.41, 5.74) is 0. The molecule has 2 nitrogen and oxygen atoms in total. The third-order valence-corrected chi connectivity index (χ3v) is 3.40. The monoisotopic (exact) mass is 229 g/mol. The van der Waals surface area contributed by atoms with Gasteiger partial charge in [0.15, 0.2) is 0 Å². The van der Waals surface area contributed by atoms with Crippen molar-refractivity contribution in [3.8, 4) is 0 Å². The number of unbranched alkanes of at least 4 members (excludes halogenated alkanes) is 2. The Labute approximate surface area is 102 Å². The third-order valence-electron chi connectivity index (χ3n) is 3.40. The summed E-state index contributed by atoms with van der Waals surface area (Å²) in [5.74, 6) is 0.923. The largest absolute Gasteiger partial charge is 0.393 e. The highest BCUT2D eigenvalue weighted by Crippen LogP contribution is 2.19. The topological polar surface area (TPSA) is 32.3 Å². The number of hydrogen-bond acceptors (Lipinski definition) is 2. The summed E-state index contributed by atoms with van der Waals surface area (Å²) in [6.45, 7) is 9.62. The van der Waals surface area contributed by atoms with E-state index in [0.29, 0.717) is 0 Å². The number of aliphatic hydroxyl groups excluding tert-OH is 1. The van der Waals surface area contributed by atoms with Crippen molar-refractivity contribution in [3.05, 3.63) is 0 Å². The van der Waals surface area contributed by atoms with Crippen LogP contribution in [0, 0.1) is 5.92 Å². The van der Waals surface area contributed by atoms with Crippen LogP contribution in [0.25, 0.3) is 0 Å². The van der Waals surface area contributed by atoms with Gasteiger partial charge in [-0.1, -0.05) is 40.0 Å². The van der Waals surface area contributed by atoms with Crippen LogP contribution in [0.3, 0.4) is 0 Å². The van der Waals surface area contributed by atoms with E-state index in [4.69, 9.17) is 5.11 Å². The first-order valence-corrected chi connectivity index (χ1v) is 7.03. The summed E-state index contributed by atoms with van der Waals surface area (Å²) >= 11 is 0. The van der Waals surface area contributed by atoms with E-state index in [1.807, 2.05) is 6.92 Å². The Hall–Kier alpha value is -0.0800. The Morgan fingerprint density at radius 2 is 1.94 bits per heavy atom. The van der Waals surface area contributed by atoms with Crippen molar-refractivity contribution in [2.45, 2.75) is 78.4 Å². The molecule has 16 heavy (non-hydrogen) atoms. The van der Waals surface area contributed by atoms with Gasteiger partial charge in [-0.25, -0.2) is 0 Å². The Morgan fingerprint density at radius 1 is 1.31 bits per heavy atom. The number of aliphatic hydroxyl groups is 1. The van der Waals surface area contributed by atoms with E-state index in [-0.39, 0.29) is 6.10 Å². The SMILES string of the molecule is CCC(C)O.CCCCCC1NCCC1C. The molecular formula is C14H31NO. The molecule has 1 aliphatic heterocycles. The van der Waals surface area contributed by atoms with Gasteiger partial charge in [-0.3, -0.25) is 0 Å². The molecule has 1 saturated heterocycles. The molecule has 0 saturated carbocycles. The Bertz CT molecular complexity index is 148. The van der Waals surface area contributed by atoms with Gasteiger partial charge < -0.3 is 10.4 Å². The molecule has 0 aromatic rings. The second kappa shape index (κ2) is 10.1. The molecule has 2 heteroatoms. The third kappa shape index (κ3) is 8.12. The highest BCUT2D eigenvalue weighted by Gasteiger charge is 2.21. The first-order valence-electron chi connectivity index (χ1n) is 7.03. The molecule has 3 unspecified atom stereocenters. The van der Waals surface area contributed by atoms with Crippen LogP contribution in [0.1, 0.15) is 66.2 Å². The predicted octanol–water partition coefficient (Wildman–Crippen LogP) is 3.34. The molecule has 1 aliphatic rings. The summed E-state index contributed by atoms with van der Waals surface area (Å²) in [7, 11) is 0. The van der Waals surface area contributed by atoms with Crippen LogP contribution in [0.4, 0.5) is 0 Å².